The van der Waals surface area contributed by atoms with Crippen molar-refractivity contribution in [2.75, 3.05) is 13.2 Å². The molecular weight excluding hydrogens is 505 g/mol. The van der Waals surface area contributed by atoms with Gasteiger partial charge in [-0.05, 0) is 82.6 Å². The largest absolute Gasteiger partial charge is 0.490 e. The molecule has 0 unspecified atom stereocenters. The van der Waals surface area contributed by atoms with E-state index in [1.807, 2.05) is 37.3 Å². The van der Waals surface area contributed by atoms with Crippen molar-refractivity contribution in [1.29, 1.82) is 5.26 Å². The second kappa shape index (κ2) is 10.8. The number of fused-ring (bicyclic) bond motifs is 1. The number of carbonyl (C=O) groups excluding carboxylic acids is 1. The molecule has 0 aliphatic carbocycles. The molecule has 0 saturated carbocycles. The molecule has 3 aromatic carbocycles. The smallest absolute Gasteiger partial charge is 0.348 e. The van der Waals surface area contributed by atoms with Gasteiger partial charge in [0.15, 0.2) is 11.5 Å². The summed E-state index contributed by atoms with van der Waals surface area (Å²) in [4.78, 5) is 11.9. The number of benzene rings is 3. The number of hydrogen-bond donors (Lipinski definition) is 0. The molecule has 0 aliphatic heterocycles. The molecule has 0 fully saturated rings. The van der Waals surface area contributed by atoms with Gasteiger partial charge in [-0.1, -0.05) is 36.4 Å². The minimum Gasteiger partial charge on any atom is -0.490 e. The topological polar surface area (TPSA) is 68.6 Å². The van der Waals surface area contributed by atoms with Crippen LogP contribution in [-0.4, -0.2) is 19.2 Å². The van der Waals surface area contributed by atoms with Crippen LogP contribution >= 0.6 is 22.6 Å². The van der Waals surface area contributed by atoms with Crippen LogP contribution in [0.15, 0.2) is 60.2 Å². The maximum absolute atomic E-state index is 11.9. The van der Waals surface area contributed by atoms with E-state index in [4.69, 9.17) is 14.2 Å². The summed E-state index contributed by atoms with van der Waals surface area (Å²) in [5.74, 6) is 0.541. The molecule has 3 aromatic rings. The average Bonchev–Trinajstić information content (AvgIpc) is 2.77. The molecule has 0 saturated heterocycles. The van der Waals surface area contributed by atoms with E-state index in [-0.39, 0.29) is 12.2 Å². The van der Waals surface area contributed by atoms with E-state index in [9.17, 15) is 10.1 Å². The van der Waals surface area contributed by atoms with E-state index in [2.05, 4.69) is 46.9 Å². The lowest BCUT2D eigenvalue weighted by molar-refractivity contribution is -0.137. The van der Waals surface area contributed by atoms with E-state index in [0.29, 0.717) is 30.3 Å². The lowest BCUT2D eigenvalue weighted by Crippen LogP contribution is -2.06. The zero-order chi connectivity index (χ0) is 22.2. The standard InChI is InChI=1S/C25H22INO4/c1-3-29-23-14-18(12-21(15-27)25(28)30-4-2)13-22(26)24(23)31-16-17-9-10-19-7-5-6-8-20(19)11-17/h5-14H,3-4,16H2,1-2H3/b21-12-. The number of ether oxygens (including phenoxy) is 3. The maximum atomic E-state index is 11.9. The lowest BCUT2D eigenvalue weighted by Gasteiger charge is -2.15. The van der Waals surface area contributed by atoms with Gasteiger partial charge in [0, 0.05) is 0 Å². The molecule has 31 heavy (non-hydrogen) atoms. The summed E-state index contributed by atoms with van der Waals surface area (Å²) in [5.41, 5.74) is 1.65. The number of esters is 1. The van der Waals surface area contributed by atoms with E-state index in [0.717, 1.165) is 14.5 Å². The molecule has 0 aromatic heterocycles. The van der Waals surface area contributed by atoms with Crippen molar-refractivity contribution in [3.05, 3.63) is 74.9 Å². The van der Waals surface area contributed by atoms with Crippen molar-refractivity contribution in [2.24, 2.45) is 0 Å². The molecule has 3 rings (SSSR count). The first-order chi connectivity index (χ1) is 15.0. The number of rotatable bonds is 8. The monoisotopic (exact) mass is 527 g/mol. The van der Waals surface area contributed by atoms with Crippen LogP contribution in [0.1, 0.15) is 25.0 Å². The van der Waals surface area contributed by atoms with Crippen molar-refractivity contribution < 1.29 is 19.0 Å². The van der Waals surface area contributed by atoms with Crippen molar-refractivity contribution in [3.8, 4) is 17.6 Å². The SMILES string of the molecule is CCOC(=O)/C(C#N)=C\c1cc(I)c(OCc2ccc3ccccc3c2)c(OCC)c1. The fourth-order valence-electron chi connectivity index (χ4n) is 3.07. The molecule has 0 spiro atoms. The molecule has 0 atom stereocenters. The molecule has 6 heteroatoms. The third-order valence-corrected chi connectivity index (χ3v) is 5.26. The fraction of sp³-hybridized carbons (Fsp3) is 0.200. The molecule has 158 valence electrons. The molecule has 0 heterocycles. The Balaban J connectivity index is 1.87. The lowest BCUT2D eigenvalue weighted by atomic mass is 10.1. The summed E-state index contributed by atoms with van der Waals surface area (Å²) >= 11 is 2.17. The average molecular weight is 527 g/mol. The van der Waals surface area contributed by atoms with Crippen molar-refractivity contribution in [3.63, 3.8) is 0 Å². The molecule has 0 amide bonds. The third-order valence-electron chi connectivity index (χ3n) is 4.46. The number of nitrogens with zero attached hydrogens (tertiary/aromatic N) is 1. The number of nitriles is 1. The quantitative estimate of drug-likeness (QED) is 0.158. The first-order valence-electron chi connectivity index (χ1n) is 9.91. The van der Waals surface area contributed by atoms with E-state index >= 15 is 0 Å². The van der Waals surface area contributed by atoms with E-state index in [1.165, 1.54) is 11.5 Å². The Morgan fingerprint density at radius 2 is 1.81 bits per heavy atom. The minimum absolute atomic E-state index is 0.0649. The predicted octanol–water partition coefficient (Wildman–Crippen LogP) is 5.89. The van der Waals surface area contributed by atoms with Gasteiger partial charge in [-0.15, -0.1) is 0 Å². The van der Waals surface area contributed by atoms with Gasteiger partial charge in [-0.3, -0.25) is 0 Å². The Hall–Kier alpha value is -3.05. The van der Waals surface area contributed by atoms with Crippen LogP contribution < -0.4 is 9.47 Å². The van der Waals surface area contributed by atoms with Gasteiger partial charge in [0.2, 0.25) is 0 Å². The summed E-state index contributed by atoms with van der Waals surface area (Å²) in [5, 5.41) is 11.6. The maximum Gasteiger partial charge on any atom is 0.348 e. The highest BCUT2D eigenvalue weighted by Crippen LogP contribution is 2.35. The molecule has 0 radical (unpaired) electrons. The molecule has 0 aliphatic rings. The van der Waals surface area contributed by atoms with Gasteiger partial charge in [0.05, 0.1) is 16.8 Å². The molecule has 0 N–H and O–H groups in total. The van der Waals surface area contributed by atoms with Gasteiger partial charge in [0.25, 0.3) is 0 Å². The van der Waals surface area contributed by atoms with Crippen LogP contribution in [0.3, 0.4) is 0 Å². The van der Waals surface area contributed by atoms with Crippen LogP contribution in [0.2, 0.25) is 0 Å². The second-order valence-electron chi connectivity index (χ2n) is 6.62. The highest BCUT2D eigenvalue weighted by molar-refractivity contribution is 14.1. The number of carbonyl (C=O) groups is 1. The Kier molecular flexibility index (Phi) is 7.90. The number of hydrogen-bond acceptors (Lipinski definition) is 5. The zero-order valence-electron chi connectivity index (χ0n) is 17.4. The minimum atomic E-state index is -0.644. The summed E-state index contributed by atoms with van der Waals surface area (Å²) in [6.07, 6.45) is 1.50. The second-order valence-corrected chi connectivity index (χ2v) is 7.79. The van der Waals surface area contributed by atoms with Gasteiger partial charge in [0.1, 0.15) is 18.2 Å². The van der Waals surface area contributed by atoms with Crippen LogP contribution in [0.4, 0.5) is 0 Å². The van der Waals surface area contributed by atoms with Crippen LogP contribution in [0.5, 0.6) is 11.5 Å². The summed E-state index contributed by atoms with van der Waals surface area (Å²) < 4.78 is 17.6. The van der Waals surface area contributed by atoms with Crippen molar-refractivity contribution in [2.45, 2.75) is 20.5 Å². The first kappa shape index (κ1) is 22.6. The predicted molar refractivity (Wildman–Crippen MR) is 129 cm³/mol. The summed E-state index contributed by atoms with van der Waals surface area (Å²) in [6.45, 7) is 4.65. The molecular formula is C25H22INO4. The first-order valence-corrected chi connectivity index (χ1v) is 11.0. The summed E-state index contributed by atoms with van der Waals surface area (Å²) in [7, 11) is 0. The highest BCUT2D eigenvalue weighted by atomic mass is 127. The van der Waals surface area contributed by atoms with Crippen LogP contribution in [0, 0.1) is 14.9 Å². The highest BCUT2D eigenvalue weighted by Gasteiger charge is 2.15. The zero-order valence-corrected chi connectivity index (χ0v) is 19.5. The van der Waals surface area contributed by atoms with Crippen molar-refractivity contribution in [1.82, 2.24) is 0 Å². The van der Waals surface area contributed by atoms with Crippen LogP contribution in [0.25, 0.3) is 16.8 Å². The fourth-order valence-corrected chi connectivity index (χ4v) is 3.85. The van der Waals surface area contributed by atoms with Gasteiger partial charge in [-0.2, -0.15) is 5.26 Å². The van der Waals surface area contributed by atoms with E-state index < -0.39 is 5.97 Å². The van der Waals surface area contributed by atoms with Crippen molar-refractivity contribution >= 4 is 45.4 Å². The Morgan fingerprint density at radius 3 is 2.52 bits per heavy atom. The Bertz CT molecular complexity index is 1160. The number of halogens is 1. The van der Waals surface area contributed by atoms with Crippen LogP contribution in [-0.2, 0) is 16.1 Å². The van der Waals surface area contributed by atoms with Gasteiger partial charge < -0.3 is 14.2 Å². The Morgan fingerprint density at radius 1 is 1.03 bits per heavy atom. The van der Waals surface area contributed by atoms with Gasteiger partial charge in [-0.25, -0.2) is 4.79 Å². The van der Waals surface area contributed by atoms with E-state index in [1.54, 1.807) is 13.0 Å². The van der Waals surface area contributed by atoms with Gasteiger partial charge >= 0.3 is 5.97 Å². The summed E-state index contributed by atoms with van der Waals surface area (Å²) in [6, 6.07) is 19.9. The third kappa shape index (κ3) is 5.76. The Labute approximate surface area is 195 Å². The molecule has 5 nitrogen and oxygen atoms in total. The molecule has 0 bridgehead atoms. The normalized spacial score (nSPS) is 11.1.